The number of amidine groups is 1. The monoisotopic (exact) mass is 416 g/mol. The summed E-state index contributed by atoms with van der Waals surface area (Å²) in [7, 11) is 0. The lowest BCUT2D eigenvalue weighted by atomic mass is 10.2. The molecule has 2 rings (SSSR count). The number of aliphatic imine (C=N–C) groups is 1. The highest BCUT2D eigenvalue weighted by Crippen LogP contribution is 2.27. The summed E-state index contributed by atoms with van der Waals surface area (Å²) in [4.78, 5) is 37.5. The number of halogens is 6. The van der Waals surface area contributed by atoms with Crippen molar-refractivity contribution < 1.29 is 40.7 Å². The Morgan fingerprint density at radius 2 is 1.14 bits per heavy atom. The summed E-state index contributed by atoms with van der Waals surface area (Å²) >= 11 is 0. The lowest BCUT2D eigenvalue weighted by molar-refractivity contribution is -0.180. The maximum atomic E-state index is 13.5. The summed E-state index contributed by atoms with van der Waals surface area (Å²) < 4.78 is 79.2. The highest BCUT2D eigenvalue weighted by molar-refractivity contribution is 6.22. The summed E-state index contributed by atoms with van der Waals surface area (Å²) in [6.45, 7) is 0. The van der Waals surface area contributed by atoms with Crippen molar-refractivity contribution in [3.05, 3.63) is 71.8 Å². The van der Waals surface area contributed by atoms with Crippen molar-refractivity contribution in [2.75, 3.05) is 0 Å². The minimum atomic E-state index is -5.84. The first-order valence-corrected chi connectivity index (χ1v) is 7.69. The Bertz CT molecular complexity index is 938. The lowest BCUT2D eigenvalue weighted by Crippen LogP contribution is -2.53. The van der Waals surface area contributed by atoms with Crippen LogP contribution in [-0.4, -0.2) is 40.8 Å². The average Bonchev–Trinajstić information content (AvgIpc) is 2.67. The Kier molecular flexibility index (Phi) is 6.20. The molecule has 0 aliphatic carbocycles. The van der Waals surface area contributed by atoms with Gasteiger partial charge in [-0.15, -0.1) is 0 Å². The van der Waals surface area contributed by atoms with E-state index in [0.717, 1.165) is 24.3 Å². The highest BCUT2D eigenvalue weighted by Gasteiger charge is 2.53. The molecule has 2 aromatic rings. The van der Waals surface area contributed by atoms with E-state index in [1.807, 2.05) is 0 Å². The van der Waals surface area contributed by atoms with Gasteiger partial charge < -0.3 is 0 Å². The second-order valence-corrected chi connectivity index (χ2v) is 5.41. The van der Waals surface area contributed by atoms with E-state index in [1.165, 1.54) is 36.4 Å². The number of imide groups is 1. The van der Waals surface area contributed by atoms with Gasteiger partial charge in [-0.1, -0.05) is 36.4 Å². The number of nitrogens with zero attached hydrogens (tertiary/aromatic N) is 2. The van der Waals surface area contributed by atoms with Crippen LogP contribution in [0.15, 0.2) is 65.7 Å². The van der Waals surface area contributed by atoms with E-state index < -0.39 is 46.4 Å². The number of carbonyl (C=O) groups excluding carboxylic acids is 3. The van der Waals surface area contributed by atoms with Crippen LogP contribution in [-0.2, 0) is 4.79 Å². The molecule has 0 atom stereocenters. The molecule has 5 nitrogen and oxygen atoms in total. The van der Waals surface area contributed by atoms with Gasteiger partial charge in [0.05, 0.1) is 0 Å². The molecule has 11 heteroatoms. The van der Waals surface area contributed by atoms with Crippen LogP contribution in [0.2, 0.25) is 0 Å². The number of hydrogen-bond acceptors (Lipinski definition) is 3. The van der Waals surface area contributed by atoms with Crippen molar-refractivity contribution in [2.24, 2.45) is 4.99 Å². The second-order valence-electron chi connectivity index (χ2n) is 5.41. The number of alkyl halides is 6. The second kappa shape index (κ2) is 8.25. The fraction of sp³-hybridized carbons (Fsp3) is 0.111. The van der Waals surface area contributed by atoms with Crippen molar-refractivity contribution in [1.29, 1.82) is 0 Å². The predicted octanol–water partition coefficient (Wildman–Crippen LogP) is 4.02. The van der Waals surface area contributed by atoms with Crippen LogP contribution in [0.5, 0.6) is 0 Å². The molecule has 0 spiro atoms. The van der Waals surface area contributed by atoms with E-state index in [4.69, 9.17) is 0 Å². The first-order chi connectivity index (χ1) is 13.4. The SMILES string of the molecule is O=C(N=C(N(C(=O)c1ccccc1)C(=O)C(F)(F)F)C(F)(F)F)c1ccccc1. The molecule has 0 aliphatic heterocycles. The number of carbonyl (C=O) groups is 3. The highest BCUT2D eigenvalue weighted by atomic mass is 19.4. The number of amides is 3. The normalized spacial score (nSPS) is 12.4. The average molecular weight is 416 g/mol. The Morgan fingerprint density at radius 3 is 1.55 bits per heavy atom. The molecule has 29 heavy (non-hydrogen) atoms. The Labute approximate surface area is 159 Å². The summed E-state index contributed by atoms with van der Waals surface area (Å²) in [5, 5.41) is 0. The zero-order chi connectivity index (χ0) is 21.8. The topological polar surface area (TPSA) is 66.8 Å². The Balaban J connectivity index is 2.65. The molecule has 2 aromatic carbocycles. The van der Waals surface area contributed by atoms with Crippen molar-refractivity contribution in [2.45, 2.75) is 12.4 Å². The number of hydrogen-bond donors (Lipinski definition) is 0. The standard InChI is InChI=1S/C18H10F6N2O3/c19-17(20,21)15(25-13(27)11-7-3-1-4-8-11)26(16(29)18(22,23)24)14(28)12-9-5-2-6-10-12/h1-10H. The summed E-state index contributed by atoms with van der Waals surface area (Å²) in [6, 6.07) is 11.6. The van der Waals surface area contributed by atoms with Gasteiger partial charge in [0, 0.05) is 11.1 Å². The third kappa shape index (κ3) is 5.27. The quantitative estimate of drug-likeness (QED) is 0.422. The zero-order valence-corrected chi connectivity index (χ0v) is 14.2. The van der Waals surface area contributed by atoms with Gasteiger partial charge in [-0.2, -0.15) is 31.3 Å². The molecule has 0 heterocycles. The fourth-order valence-corrected chi connectivity index (χ4v) is 2.10. The van der Waals surface area contributed by atoms with E-state index >= 15 is 0 Å². The van der Waals surface area contributed by atoms with E-state index in [9.17, 15) is 40.7 Å². The van der Waals surface area contributed by atoms with Gasteiger partial charge in [0.1, 0.15) is 0 Å². The van der Waals surface area contributed by atoms with Crippen LogP contribution in [0.25, 0.3) is 0 Å². The molecule has 0 fully saturated rings. The molecule has 0 saturated carbocycles. The number of rotatable bonds is 2. The first-order valence-electron chi connectivity index (χ1n) is 7.69. The third-order valence-electron chi connectivity index (χ3n) is 3.36. The largest absolute Gasteiger partial charge is 0.472 e. The van der Waals surface area contributed by atoms with Gasteiger partial charge in [0.15, 0.2) is 0 Å². The molecular weight excluding hydrogens is 406 g/mol. The molecule has 0 aliphatic rings. The minimum Gasteiger partial charge on any atom is -0.268 e. The smallest absolute Gasteiger partial charge is 0.268 e. The van der Waals surface area contributed by atoms with Gasteiger partial charge >= 0.3 is 18.3 Å². The van der Waals surface area contributed by atoms with Crippen molar-refractivity contribution in [1.82, 2.24) is 4.90 Å². The van der Waals surface area contributed by atoms with Crippen LogP contribution in [0.4, 0.5) is 26.3 Å². The van der Waals surface area contributed by atoms with Gasteiger partial charge in [-0.25, -0.2) is 4.90 Å². The van der Waals surface area contributed by atoms with Gasteiger partial charge in [-0.05, 0) is 24.3 Å². The summed E-state index contributed by atoms with van der Waals surface area (Å²) in [5.74, 6) is -9.26. The van der Waals surface area contributed by atoms with Gasteiger partial charge in [0.25, 0.3) is 11.8 Å². The van der Waals surface area contributed by atoms with Gasteiger partial charge in [0.2, 0.25) is 5.84 Å². The zero-order valence-electron chi connectivity index (χ0n) is 14.2. The Morgan fingerprint density at radius 1 is 0.690 bits per heavy atom. The first kappa shape index (κ1) is 21.8. The third-order valence-corrected chi connectivity index (χ3v) is 3.36. The molecule has 0 bridgehead atoms. The van der Waals surface area contributed by atoms with Crippen LogP contribution < -0.4 is 0 Å². The molecule has 0 saturated heterocycles. The molecule has 152 valence electrons. The Hall–Kier alpha value is -3.50. The summed E-state index contributed by atoms with van der Waals surface area (Å²) in [5.41, 5.74) is -1.03. The van der Waals surface area contributed by atoms with Crippen molar-refractivity contribution in [3.63, 3.8) is 0 Å². The van der Waals surface area contributed by atoms with Crippen molar-refractivity contribution in [3.8, 4) is 0 Å². The molecule has 0 N–H and O–H groups in total. The molecule has 0 aromatic heterocycles. The molecule has 0 unspecified atom stereocenters. The maximum absolute atomic E-state index is 13.5. The van der Waals surface area contributed by atoms with Crippen LogP contribution in [0.3, 0.4) is 0 Å². The van der Waals surface area contributed by atoms with Crippen LogP contribution in [0.1, 0.15) is 20.7 Å². The van der Waals surface area contributed by atoms with Crippen LogP contribution in [0, 0.1) is 0 Å². The molecule has 3 amide bonds. The van der Waals surface area contributed by atoms with Crippen molar-refractivity contribution >= 4 is 23.6 Å². The molecular formula is C18H10F6N2O3. The lowest BCUT2D eigenvalue weighted by Gasteiger charge is -2.24. The van der Waals surface area contributed by atoms with Crippen LogP contribution >= 0.6 is 0 Å². The molecule has 0 radical (unpaired) electrons. The predicted molar refractivity (Wildman–Crippen MR) is 87.9 cm³/mol. The van der Waals surface area contributed by atoms with Gasteiger partial charge in [-0.3, -0.25) is 14.4 Å². The fourth-order valence-electron chi connectivity index (χ4n) is 2.10. The minimum absolute atomic E-state index is 0.388. The van der Waals surface area contributed by atoms with E-state index in [1.54, 1.807) is 0 Å². The maximum Gasteiger partial charge on any atom is 0.472 e. The summed E-state index contributed by atoms with van der Waals surface area (Å²) in [6.07, 6.45) is -11.6. The number of benzene rings is 2. The van der Waals surface area contributed by atoms with E-state index in [0.29, 0.717) is 0 Å². The van der Waals surface area contributed by atoms with E-state index in [2.05, 4.69) is 4.99 Å². The van der Waals surface area contributed by atoms with E-state index in [-0.39, 0.29) is 5.56 Å².